The zero-order chi connectivity index (χ0) is 23.8. The van der Waals surface area contributed by atoms with Crippen LogP contribution in [0.5, 0.6) is 0 Å². The van der Waals surface area contributed by atoms with E-state index in [4.69, 9.17) is 4.98 Å². The van der Waals surface area contributed by atoms with Gasteiger partial charge < -0.3 is 4.57 Å². The molecule has 0 radical (unpaired) electrons. The van der Waals surface area contributed by atoms with Crippen LogP contribution in [0.15, 0.2) is 115 Å². The Labute approximate surface area is 209 Å². The fraction of sp³-hybridized carbons (Fsp3) is 0.0294. The smallest absolute Gasteiger partial charge is 0.140 e. The van der Waals surface area contributed by atoms with Gasteiger partial charge in [0.1, 0.15) is 5.82 Å². The van der Waals surface area contributed by atoms with Crippen molar-refractivity contribution in [3.8, 4) is 44.8 Å². The second-order valence-corrected chi connectivity index (χ2v) is 9.67. The fourth-order valence-corrected chi connectivity index (χ4v) is 6.10. The Morgan fingerprint density at radius 1 is 0.528 bits per heavy atom. The summed E-state index contributed by atoms with van der Waals surface area (Å²) in [4.78, 5) is 4.96. The molecule has 2 nitrogen and oxygen atoms in total. The van der Waals surface area contributed by atoms with Crippen LogP contribution >= 0.6 is 0 Å². The molecular weight excluding hydrogens is 436 g/mol. The number of nitrogens with zero attached hydrogens (tertiary/aromatic N) is 2. The molecule has 6 aromatic carbocycles. The predicted octanol–water partition coefficient (Wildman–Crippen LogP) is 8.86. The van der Waals surface area contributed by atoms with E-state index in [-0.39, 0.29) is 0 Å². The van der Waals surface area contributed by atoms with Gasteiger partial charge in [0.15, 0.2) is 0 Å². The average molecular weight is 459 g/mol. The summed E-state index contributed by atoms with van der Waals surface area (Å²) >= 11 is 0. The Hall–Kier alpha value is -4.69. The molecule has 0 amide bonds. The summed E-state index contributed by atoms with van der Waals surface area (Å²) in [5.74, 6) is 0.987. The van der Waals surface area contributed by atoms with Crippen LogP contribution in [0.25, 0.3) is 77.3 Å². The van der Waals surface area contributed by atoms with Crippen LogP contribution in [0.1, 0.15) is 0 Å². The van der Waals surface area contributed by atoms with Crippen molar-refractivity contribution in [2.45, 2.75) is 0 Å². The Kier molecular flexibility index (Phi) is 3.90. The number of imidazole rings is 1. The number of rotatable bonds is 2. The second-order valence-electron chi connectivity index (χ2n) is 9.67. The predicted molar refractivity (Wildman–Crippen MR) is 151 cm³/mol. The first-order chi connectivity index (χ1) is 17.8. The maximum Gasteiger partial charge on any atom is 0.140 e. The number of fused-ring (bicyclic) bond motifs is 6. The van der Waals surface area contributed by atoms with Crippen LogP contribution in [0.3, 0.4) is 0 Å². The van der Waals surface area contributed by atoms with Gasteiger partial charge in [-0.15, -0.1) is 0 Å². The highest BCUT2D eigenvalue weighted by Crippen LogP contribution is 2.51. The van der Waals surface area contributed by atoms with E-state index in [1.807, 2.05) is 6.07 Å². The van der Waals surface area contributed by atoms with Crippen molar-refractivity contribution in [3.05, 3.63) is 115 Å². The molecule has 0 saturated carbocycles. The van der Waals surface area contributed by atoms with Crippen molar-refractivity contribution in [2.24, 2.45) is 7.05 Å². The van der Waals surface area contributed by atoms with Crippen molar-refractivity contribution in [3.63, 3.8) is 0 Å². The van der Waals surface area contributed by atoms with E-state index in [2.05, 4.69) is 121 Å². The monoisotopic (exact) mass is 458 g/mol. The summed E-state index contributed by atoms with van der Waals surface area (Å²) in [6.07, 6.45) is 0. The minimum absolute atomic E-state index is 0.987. The molecule has 0 atom stereocenters. The molecule has 1 aliphatic rings. The maximum absolute atomic E-state index is 4.96. The highest BCUT2D eigenvalue weighted by Gasteiger charge is 2.24. The first kappa shape index (κ1) is 19.6. The summed E-state index contributed by atoms with van der Waals surface area (Å²) in [6, 6.07) is 41.7. The van der Waals surface area contributed by atoms with Gasteiger partial charge >= 0.3 is 0 Å². The van der Waals surface area contributed by atoms with Gasteiger partial charge in [0.05, 0.1) is 11.0 Å². The van der Waals surface area contributed by atoms with Crippen LogP contribution in [0.2, 0.25) is 0 Å². The van der Waals surface area contributed by atoms with Crippen molar-refractivity contribution in [2.75, 3.05) is 0 Å². The van der Waals surface area contributed by atoms with E-state index in [1.165, 1.54) is 54.9 Å². The van der Waals surface area contributed by atoms with Crippen LogP contribution in [0.4, 0.5) is 0 Å². The summed E-state index contributed by atoms with van der Waals surface area (Å²) in [7, 11) is 2.10. The maximum atomic E-state index is 4.96. The number of hydrogen-bond acceptors (Lipinski definition) is 1. The first-order valence-corrected chi connectivity index (χ1v) is 12.4. The Balaban J connectivity index is 1.43. The van der Waals surface area contributed by atoms with Crippen molar-refractivity contribution in [1.29, 1.82) is 0 Å². The lowest BCUT2D eigenvalue weighted by Crippen LogP contribution is -1.93. The van der Waals surface area contributed by atoms with Crippen LogP contribution in [-0.4, -0.2) is 9.55 Å². The third-order valence-corrected chi connectivity index (χ3v) is 7.73. The van der Waals surface area contributed by atoms with Gasteiger partial charge in [0.25, 0.3) is 0 Å². The topological polar surface area (TPSA) is 17.8 Å². The Morgan fingerprint density at radius 2 is 1.25 bits per heavy atom. The van der Waals surface area contributed by atoms with Gasteiger partial charge in [-0.05, 0) is 79.2 Å². The normalized spacial score (nSPS) is 12.0. The Morgan fingerprint density at radius 3 is 2.14 bits per heavy atom. The quantitative estimate of drug-likeness (QED) is 0.237. The van der Waals surface area contributed by atoms with Crippen molar-refractivity contribution < 1.29 is 0 Å². The van der Waals surface area contributed by atoms with Crippen molar-refractivity contribution >= 4 is 32.6 Å². The largest absolute Gasteiger partial charge is 0.327 e. The zero-order valence-corrected chi connectivity index (χ0v) is 19.9. The molecule has 0 aliphatic heterocycles. The third kappa shape index (κ3) is 2.59. The molecule has 2 heteroatoms. The molecule has 0 spiro atoms. The van der Waals surface area contributed by atoms with Gasteiger partial charge in [-0.1, -0.05) is 91.0 Å². The van der Waals surface area contributed by atoms with Gasteiger partial charge in [-0.25, -0.2) is 4.98 Å². The molecule has 0 fully saturated rings. The molecule has 8 rings (SSSR count). The standard InChI is InChI=1S/C34H22N2/c1-36-31-16-7-6-15-30(31)35-34(36)23-11-8-10-21(19-23)25-17-18-28-26-13-4-5-14-27(26)29-20-22-9-2-3-12-24(22)32(25)33(28)29/h2-20H,1H3. The minimum Gasteiger partial charge on any atom is -0.327 e. The third-order valence-electron chi connectivity index (χ3n) is 7.73. The molecule has 0 bridgehead atoms. The molecule has 1 aromatic heterocycles. The van der Waals surface area contributed by atoms with Crippen LogP contribution < -0.4 is 0 Å². The summed E-state index contributed by atoms with van der Waals surface area (Å²) < 4.78 is 2.19. The fourth-order valence-electron chi connectivity index (χ4n) is 6.10. The van der Waals surface area contributed by atoms with Gasteiger partial charge in [0, 0.05) is 12.6 Å². The molecule has 7 aromatic rings. The number of hydrogen-bond donors (Lipinski definition) is 0. The lowest BCUT2D eigenvalue weighted by molar-refractivity contribution is 0.959. The van der Waals surface area contributed by atoms with E-state index in [0.717, 1.165) is 22.4 Å². The van der Waals surface area contributed by atoms with E-state index >= 15 is 0 Å². The molecule has 168 valence electrons. The molecule has 0 saturated heterocycles. The number of aryl methyl sites for hydroxylation is 1. The van der Waals surface area contributed by atoms with Crippen LogP contribution in [0, 0.1) is 0 Å². The summed E-state index contributed by atoms with van der Waals surface area (Å²) in [5, 5.41) is 5.27. The number of para-hydroxylation sites is 2. The zero-order valence-electron chi connectivity index (χ0n) is 19.9. The number of aromatic nitrogens is 2. The van der Waals surface area contributed by atoms with Gasteiger partial charge in [0.2, 0.25) is 0 Å². The lowest BCUT2D eigenvalue weighted by Gasteiger charge is -2.14. The summed E-state index contributed by atoms with van der Waals surface area (Å²) in [5.41, 5.74) is 11.1. The molecule has 0 unspecified atom stereocenters. The second kappa shape index (κ2) is 7.16. The van der Waals surface area contributed by atoms with E-state index in [0.29, 0.717) is 0 Å². The molecular formula is C34H22N2. The SMILES string of the molecule is Cn1c(-c2cccc(-c3ccc4c5c(cc6ccccc6c35)-c3ccccc3-4)c2)nc2ccccc21. The highest BCUT2D eigenvalue weighted by molar-refractivity contribution is 6.27. The van der Waals surface area contributed by atoms with Gasteiger partial charge in [-0.2, -0.15) is 0 Å². The summed E-state index contributed by atoms with van der Waals surface area (Å²) in [6.45, 7) is 0. The molecule has 0 N–H and O–H groups in total. The van der Waals surface area contributed by atoms with E-state index in [9.17, 15) is 0 Å². The Bertz CT molecular complexity index is 2010. The minimum atomic E-state index is 0.987. The van der Waals surface area contributed by atoms with E-state index in [1.54, 1.807) is 0 Å². The average Bonchev–Trinajstić information content (AvgIpc) is 3.45. The van der Waals surface area contributed by atoms with E-state index < -0.39 is 0 Å². The van der Waals surface area contributed by atoms with Gasteiger partial charge in [-0.3, -0.25) is 0 Å². The molecule has 1 heterocycles. The van der Waals surface area contributed by atoms with Crippen LogP contribution in [-0.2, 0) is 7.05 Å². The molecule has 1 aliphatic carbocycles. The highest BCUT2D eigenvalue weighted by atomic mass is 15.1. The molecule has 36 heavy (non-hydrogen) atoms. The lowest BCUT2D eigenvalue weighted by atomic mass is 9.90. The first-order valence-electron chi connectivity index (χ1n) is 12.4. The number of benzene rings is 6. The van der Waals surface area contributed by atoms with Crippen molar-refractivity contribution in [1.82, 2.24) is 9.55 Å².